The molecule has 0 bridgehead atoms. The molecule has 0 fully saturated rings. The molecule has 1 N–H and O–H groups in total. The molecule has 6 rings (SSSR count). The first-order valence-electron chi connectivity index (χ1n) is 13.5. The summed E-state index contributed by atoms with van der Waals surface area (Å²) >= 11 is 0. The van der Waals surface area contributed by atoms with Gasteiger partial charge in [0.15, 0.2) is 5.75 Å². The Morgan fingerprint density at radius 3 is 2.38 bits per heavy atom. The number of aromatic nitrogens is 2. The maximum Gasteiger partial charge on any atom is 0.159 e. The van der Waals surface area contributed by atoms with Crippen LogP contribution in [0.3, 0.4) is 0 Å². The first-order valence-corrected chi connectivity index (χ1v) is 13.5. The minimum atomic E-state index is -0.219. The van der Waals surface area contributed by atoms with Gasteiger partial charge in [0.25, 0.3) is 0 Å². The third-order valence-electron chi connectivity index (χ3n) is 8.04. The molecule has 5 heteroatoms. The van der Waals surface area contributed by atoms with Crippen LogP contribution in [0, 0.1) is 18.3 Å². The van der Waals surface area contributed by atoms with Crippen molar-refractivity contribution in [1.29, 1.82) is 5.26 Å². The van der Waals surface area contributed by atoms with Gasteiger partial charge in [-0.3, -0.25) is 4.90 Å². The summed E-state index contributed by atoms with van der Waals surface area (Å²) < 4.78 is 0. The molecule has 0 saturated carbocycles. The highest BCUT2D eigenvalue weighted by atomic mass is 16.3. The smallest absolute Gasteiger partial charge is 0.159 e. The molecule has 1 aliphatic heterocycles. The van der Waals surface area contributed by atoms with Crippen LogP contribution in [0.15, 0.2) is 79.0 Å². The van der Waals surface area contributed by atoms with Crippen molar-refractivity contribution < 1.29 is 5.11 Å². The van der Waals surface area contributed by atoms with Gasteiger partial charge in [0.05, 0.1) is 22.6 Å². The molecule has 2 aromatic heterocycles. The van der Waals surface area contributed by atoms with Crippen molar-refractivity contribution in [3.05, 3.63) is 107 Å². The summed E-state index contributed by atoms with van der Waals surface area (Å²) in [6.07, 6.45) is 1.85. The minimum Gasteiger partial charge on any atom is -0.504 e. The number of phenols is 1. The lowest BCUT2D eigenvalue weighted by Crippen LogP contribution is -2.31. The molecule has 5 aromatic rings. The zero-order valence-electron chi connectivity index (χ0n) is 23.7. The van der Waals surface area contributed by atoms with E-state index in [1.807, 2.05) is 24.4 Å². The average molecular weight is 525 g/mol. The molecule has 0 amide bonds. The number of benzene rings is 3. The van der Waals surface area contributed by atoms with E-state index in [1.54, 1.807) is 6.07 Å². The number of rotatable bonds is 2. The second kappa shape index (κ2) is 8.93. The molecular formula is C35H32N4O. The predicted octanol–water partition coefficient (Wildman–Crippen LogP) is 8.59. The van der Waals surface area contributed by atoms with Crippen molar-refractivity contribution in [3.63, 3.8) is 0 Å². The van der Waals surface area contributed by atoms with Crippen molar-refractivity contribution in [2.75, 3.05) is 4.90 Å². The van der Waals surface area contributed by atoms with E-state index < -0.39 is 0 Å². The summed E-state index contributed by atoms with van der Waals surface area (Å²) in [4.78, 5) is 11.9. The van der Waals surface area contributed by atoms with E-state index in [9.17, 15) is 10.4 Å². The first kappa shape index (κ1) is 25.6. The third kappa shape index (κ3) is 3.91. The Bertz CT molecular complexity index is 1860. The molecule has 3 aromatic carbocycles. The van der Waals surface area contributed by atoms with Crippen molar-refractivity contribution in [3.8, 4) is 23.1 Å². The number of aryl methyl sites for hydroxylation is 1. The molecule has 5 nitrogen and oxygen atoms in total. The number of anilines is 3. The molecule has 0 unspecified atom stereocenters. The SMILES string of the molecule is Cc1ccnc(N2c3ccccc3C(C)(C)c3ccc(-c4ccc5c(C(C)(C)C)cc(C#N)c(O)c5n4)cc32)c1. The van der Waals surface area contributed by atoms with E-state index in [0.29, 0.717) is 5.52 Å². The molecule has 0 spiro atoms. The van der Waals surface area contributed by atoms with Gasteiger partial charge in [-0.2, -0.15) is 5.26 Å². The number of hydrogen-bond acceptors (Lipinski definition) is 5. The quantitative estimate of drug-likeness (QED) is 0.250. The zero-order valence-corrected chi connectivity index (χ0v) is 23.7. The third-order valence-corrected chi connectivity index (χ3v) is 8.04. The van der Waals surface area contributed by atoms with Crippen LogP contribution in [0.2, 0.25) is 0 Å². The van der Waals surface area contributed by atoms with Crippen molar-refractivity contribution >= 4 is 28.1 Å². The van der Waals surface area contributed by atoms with Crippen LogP contribution in [-0.2, 0) is 10.8 Å². The lowest BCUT2D eigenvalue weighted by atomic mass is 9.73. The fourth-order valence-electron chi connectivity index (χ4n) is 5.91. The number of nitrogens with zero attached hydrogens (tertiary/aromatic N) is 4. The molecule has 0 aliphatic carbocycles. The van der Waals surface area contributed by atoms with Gasteiger partial charge in [-0.05, 0) is 71.0 Å². The zero-order chi connectivity index (χ0) is 28.4. The molecule has 0 atom stereocenters. The summed E-state index contributed by atoms with van der Waals surface area (Å²) in [5.41, 5.74) is 8.62. The number of para-hydroxylation sites is 1. The largest absolute Gasteiger partial charge is 0.504 e. The second-order valence-electron chi connectivity index (χ2n) is 12.2. The summed E-state index contributed by atoms with van der Waals surface area (Å²) in [5.74, 6) is 0.782. The Balaban J connectivity index is 1.59. The normalized spacial score (nSPS) is 14.0. The Morgan fingerprint density at radius 2 is 1.65 bits per heavy atom. The van der Waals surface area contributed by atoms with Gasteiger partial charge >= 0.3 is 0 Å². The first-order chi connectivity index (χ1) is 19.0. The van der Waals surface area contributed by atoms with Crippen molar-refractivity contribution in [2.45, 2.75) is 52.4 Å². The highest BCUT2D eigenvalue weighted by Gasteiger charge is 2.37. The van der Waals surface area contributed by atoms with Crippen LogP contribution in [0.1, 0.15) is 62.4 Å². The van der Waals surface area contributed by atoms with Crippen LogP contribution >= 0.6 is 0 Å². The van der Waals surface area contributed by atoms with E-state index >= 15 is 0 Å². The van der Waals surface area contributed by atoms with Gasteiger partial charge in [0, 0.05) is 22.6 Å². The van der Waals surface area contributed by atoms with Gasteiger partial charge in [-0.15, -0.1) is 0 Å². The number of fused-ring (bicyclic) bond motifs is 3. The number of hydrogen-bond donors (Lipinski definition) is 1. The van der Waals surface area contributed by atoms with Crippen LogP contribution in [-0.4, -0.2) is 15.1 Å². The molecule has 1 aliphatic rings. The number of phenolic OH excluding ortho intramolecular Hbond substituents is 1. The molecular weight excluding hydrogens is 492 g/mol. The second-order valence-corrected chi connectivity index (χ2v) is 12.2. The van der Waals surface area contributed by atoms with Crippen molar-refractivity contribution in [1.82, 2.24) is 9.97 Å². The standard InChI is InChI=1S/C35H32N4O/c1-21-15-16-37-31(17-21)39-29-10-8-7-9-25(29)35(5,6)26-13-11-22(19-30(26)39)28-14-12-24-27(34(2,3)4)18-23(20-36)33(40)32(24)38-28/h7-19,40H,1-6H3. The monoisotopic (exact) mass is 524 g/mol. The fraction of sp³-hybridized carbons (Fsp3) is 0.229. The number of nitriles is 1. The summed E-state index contributed by atoms with van der Waals surface area (Å²) in [5, 5.41) is 21.6. The number of pyridine rings is 2. The fourth-order valence-corrected chi connectivity index (χ4v) is 5.91. The van der Waals surface area contributed by atoms with Gasteiger partial charge in [-0.25, -0.2) is 9.97 Å². The van der Waals surface area contributed by atoms with Crippen LogP contribution in [0.25, 0.3) is 22.2 Å². The lowest BCUT2D eigenvalue weighted by Gasteiger charge is -2.41. The molecule has 0 radical (unpaired) electrons. The lowest BCUT2D eigenvalue weighted by molar-refractivity contribution is 0.478. The van der Waals surface area contributed by atoms with Crippen molar-refractivity contribution in [2.24, 2.45) is 0 Å². The Kier molecular flexibility index (Phi) is 5.71. The Labute approximate surface area is 235 Å². The Hall–Kier alpha value is -4.69. The highest BCUT2D eigenvalue weighted by Crippen LogP contribution is 2.52. The average Bonchev–Trinajstić information content (AvgIpc) is 2.92. The van der Waals surface area contributed by atoms with E-state index in [1.165, 1.54) is 11.1 Å². The van der Waals surface area contributed by atoms with Gasteiger partial charge < -0.3 is 5.11 Å². The summed E-state index contributed by atoms with van der Waals surface area (Å²) in [6, 6.07) is 27.0. The highest BCUT2D eigenvalue weighted by molar-refractivity contribution is 5.93. The van der Waals surface area contributed by atoms with Gasteiger partial charge in [-0.1, -0.05) is 71.0 Å². The minimum absolute atomic E-state index is 0.0778. The van der Waals surface area contributed by atoms with Gasteiger partial charge in [0.2, 0.25) is 0 Å². The molecule has 3 heterocycles. The van der Waals surface area contributed by atoms with E-state index in [2.05, 4.69) is 101 Å². The van der Waals surface area contributed by atoms with Crippen LogP contribution in [0.4, 0.5) is 17.2 Å². The topological polar surface area (TPSA) is 73.0 Å². The molecule has 198 valence electrons. The summed E-state index contributed by atoms with van der Waals surface area (Å²) in [7, 11) is 0. The van der Waals surface area contributed by atoms with Gasteiger partial charge in [0.1, 0.15) is 17.4 Å². The maximum absolute atomic E-state index is 11.0. The molecule has 0 saturated heterocycles. The van der Waals surface area contributed by atoms with Crippen LogP contribution in [0.5, 0.6) is 5.75 Å². The van der Waals surface area contributed by atoms with Crippen LogP contribution < -0.4 is 4.90 Å². The van der Waals surface area contributed by atoms with E-state index in [0.717, 1.165) is 45.0 Å². The van der Waals surface area contributed by atoms with E-state index in [4.69, 9.17) is 9.97 Å². The number of aromatic hydroxyl groups is 1. The molecule has 40 heavy (non-hydrogen) atoms. The summed E-state index contributed by atoms with van der Waals surface area (Å²) in [6.45, 7) is 12.9. The maximum atomic E-state index is 11.0. The van der Waals surface area contributed by atoms with E-state index in [-0.39, 0.29) is 22.1 Å². The Morgan fingerprint density at radius 1 is 0.900 bits per heavy atom. The predicted molar refractivity (Wildman–Crippen MR) is 162 cm³/mol.